The highest BCUT2D eigenvalue weighted by atomic mass is 32.2. The van der Waals surface area contributed by atoms with E-state index in [2.05, 4.69) is 6.92 Å². The number of rotatable bonds is 12. The zero-order chi connectivity index (χ0) is 20.4. The van der Waals surface area contributed by atoms with E-state index in [1.165, 1.54) is 48.8 Å². The second-order valence-electron chi connectivity index (χ2n) is 6.66. The summed E-state index contributed by atoms with van der Waals surface area (Å²) < 4.78 is 6.17. The fraction of sp³-hybridized carbons (Fsp3) is 0.476. The Balaban J connectivity index is 1.82. The number of thioether (sulfide) groups is 1. The lowest BCUT2D eigenvalue weighted by atomic mass is 10.1. The van der Waals surface area contributed by atoms with Gasteiger partial charge >= 0.3 is 5.97 Å². The van der Waals surface area contributed by atoms with Gasteiger partial charge in [0, 0.05) is 6.54 Å². The van der Waals surface area contributed by atoms with Crippen molar-refractivity contribution >= 4 is 46.3 Å². The van der Waals surface area contributed by atoms with Crippen LogP contribution in [0.4, 0.5) is 0 Å². The van der Waals surface area contributed by atoms with Crippen LogP contribution in [-0.4, -0.2) is 39.4 Å². The summed E-state index contributed by atoms with van der Waals surface area (Å²) in [6.45, 7) is 3.03. The molecule has 1 saturated heterocycles. The van der Waals surface area contributed by atoms with Crippen LogP contribution in [0.1, 0.15) is 57.4 Å². The maximum absolute atomic E-state index is 12.4. The van der Waals surface area contributed by atoms with Crippen LogP contribution in [0.25, 0.3) is 6.08 Å². The molecule has 0 spiro atoms. The van der Waals surface area contributed by atoms with Crippen LogP contribution in [0.3, 0.4) is 0 Å². The number of aliphatic carboxylic acids is 1. The molecule has 0 aliphatic carbocycles. The Morgan fingerprint density at radius 1 is 1.18 bits per heavy atom. The number of hydrogen-bond donors (Lipinski definition) is 1. The molecule has 2 rings (SSSR count). The van der Waals surface area contributed by atoms with Gasteiger partial charge in [0.2, 0.25) is 0 Å². The number of carboxylic acid groups (broad SMARTS) is 1. The van der Waals surface area contributed by atoms with Crippen LogP contribution in [0.5, 0.6) is 5.75 Å². The third-order valence-electron chi connectivity index (χ3n) is 4.37. The SMILES string of the molecule is CCCCCCCCOc1ccc(C=C2SC(=S)N(CCC(=O)O)C2=O)cc1. The highest BCUT2D eigenvalue weighted by Gasteiger charge is 2.31. The molecule has 1 aromatic rings. The van der Waals surface area contributed by atoms with E-state index in [4.69, 9.17) is 22.1 Å². The lowest BCUT2D eigenvalue weighted by Crippen LogP contribution is -2.30. The number of unbranched alkanes of at least 4 members (excludes halogenated alkanes) is 5. The summed E-state index contributed by atoms with van der Waals surface area (Å²) in [6.07, 6.45) is 9.04. The lowest BCUT2D eigenvalue weighted by molar-refractivity contribution is -0.137. The number of hydrogen-bond acceptors (Lipinski definition) is 5. The van der Waals surface area contributed by atoms with Crippen molar-refractivity contribution in [1.82, 2.24) is 4.90 Å². The predicted molar refractivity (Wildman–Crippen MR) is 117 cm³/mol. The number of carboxylic acids is 1. The van der Waals surface area contributed by atoms with Gasteiger partial charge in [0.1, 0.15) is 10.1 Å². The second-order valence-corrected chi connectivity index (χ2v) is 8.34. The zero-order valence-electron chi connectivity index (χ0n) is 16.2. The molecule has 0 atom stereocenters. The van der Waals surface area contributed by atoms with Gasteiger partial charge in [-0.25, -0.2) is 0 Å². The first-order valence-corrected chi connectivity index (χ1v) is 10.9. The van der Waals surface area contributed by atoms with Crippen molar-refractivity contribution in [3.8, 4) is 5.75 Å². The minimum Gasteiger partial charge on any atom is -0.494 e. The summed E-state index contributed by atoms with van der Waals surface area (Å²) in [4.78, 5) is 25.0. The Hall–Kier alpha value is -1.86. The van der Waals surface area contributed by atoms with Gasteiger partial charge in [-0.2, -0.15) is 0 Å². The topological polar surface area (TPSA) is 66.8 Å². The summed E-state index contributed by atoms with van der Waals surface area (Å²) >= 11 is 6.39. The van der Waals surface area contributed by atoms with Crippen LogP contribution in [-0.2, 0) is 9.59 Å². The molecule has 0 radical (unpaired) electrons. The van der Waals surface area contributed by atoms with Gasteiger partial charge in [-0.05, 0) is 30.2 Å². The van der Waals surface area contributed by atoms with E-state index in [0.717, 1.165) is 17.7 Å². The minimum atomic E-state index is -0.949. The van der Waals surface area contributed by atoms with E-state index in [9.17, 15) is 9.59 Å². The van der Waals surface area contributed by atoms with Crippen molar-refractivity contribution < 1.29 is 19.4 Å². The van der Waals surface area contributed by atoms with Gasteiger partial charge in [-0.3, -0.25) is 14.5 Å². The normalized spacial score (nSPS) is 15.5. The molecule has 1 aliphatic rings. The summed E-state index contributed by atoms with van der Waals surface area (Å²) in [5.74, 6) is -0.367. The Labute approximate surface area is 176 Å². The summed E-state index contributed by atoms with van der Waals surface area (Å²) in [5, 5.41) is 8.78. The predicted octanol–water partition coefficient (Wildman–Crippen LogP) is 5.10. The number of benzene rings is 1. The molecule has 1 amide bonds. The second kappa shape index (κ2) is 11.9. The standard InChI is InChI=1S/C21H27NO4S2/c1-2-3-4-5-6-7-14-26-17-10-8-16(9-11-17)15-18-20(25)22(21(27)28-18)13-12-19(23)24/h8-11,15H,2-7,12-14H2,1H3,(H,23,24). The van der Waals surface area contributed by atoms with Gasteiger partial charge in [0.05, 0.1) is 17.9 Å². The van der Waals surface area contributed by atoms with Crippen LogP contribution in [0.2, 0.25) is 0 Å². The number of thiocarbonyl (C=S) groups is 1. The monoisotopic (exact) mass is 421 g/mol. The quantitative estimate of drug-likeness (QED) is 0.288. The Morgan fingerprint density at radius 3 is 2.54 bits per heavy atom. The van der Waals surface area contributed by atoms with Gasteiger partial charge in [0.25, 0.3) is 5.91 Å². The number of carbonyl (C=O) groups is 2. The molecule has 1 aromatic carbocycles. The molecule has 1 aliphatic heterocycles. The molecule has 0 aromatic heterocycles. The van der Waals surface area contributed by atoms with Gasteiger partial charge in [-0.1, -0.05) is 75.1 Å². The highest BCUT2D eigenvalue weighted by molar-refractivity contribution is 8.26. The van der Waals surface area contributed by atoms with Crippen molar-refractivity contribution in [3.05, 3.63) is 34.7 Å². The van der Waals surface area contributed by atoms with Crippen molar-refractivity contribution in [2.75, 3.05) is 13.2 Å². The van der Waals surface area contributed by atoms with E-state index in [-0.39, 0.29) is 18.9 Å². The highest BCUT2D eigenvalue weighted by Crippen LogP contribution is 2.32. The molecule has 1 heterocycles. The molecule has 28 heavy (non-hydrogen) atoms. The van der Waals surface area contributed by atoms with Crippen LogP contribution in [0, 0.1) is 0 Å². The molecule has 1 N–H and O–H groups in total. The molecule has 0 unspecified atom stereocenters. The zero-order valence-corrected chi connectivity index (χ0v) is 17.8. The Bertz CT molecular complexity index is 716. The number of ether oxygens (including phenoxy) is 1. The van der Waals surface area contributed by atoms with Crippen molar-refractivity contribution in [2.45, 2.75) is 51.9 Å². The fourth-order valence-corrected chi connectivity index (χ4v) is 4.09. The molecule has 152 valence electrons. The average Bonchev–Trinajstić information content (AvgIpc) is 2.93. The molecular formula is C21H27NO4S2. The molecule has 5 nitrogen and oxygen atoms in total. The van der Waals surface area contributed by atoms with E-state index < -0.39 is 5.97 Å². The van der Waals surface area contributed by atoms with Gasteiger partial charge in [0.15, 0.2) is 0 Å². The van der Waals surface area contributed by atoms with E-state index in [0.29, 0.717) is 15.8 Å². The first-order chi connectivity index (χ1) is 13.5. The fourth-order valence-electron chi connectivity index (χ4n) is 2.78. The molecule has 1 fully saturated rings. The van der Waals surface area contributed by atoms with Crippen molar-refractivity contribution in [2.24, 2.45) is 0 Å². The smallest absolute Gasteiger partial charge is 0.305 e. The average molecular weight is 422 g/mol. The minimum absolute atomic E-state index is 0.0998. The van der Waals surface area contributed by atoms with E-state index in [1.54, 1.807) is 6.08 Å². The van der Waals surface area contributed by atoms with Crippen molar-refractivity contribution in [3.63, 3.8) is 0 Å². The summed E-state index contributed by atoms with van der Waals surface area (Å²) in [5.41, 5.74) is 0.880. The largest absolute Gasteiger partial charge is 0.494 e. The van der Waals surface area contributed by atoms with Crippen LogP contribution < -0.4 is 4.74 Å². The number of amides is 1. The van der Waals surface area contributed by atoms with E-state index in [1.807, 2.05) is 24.3 Å². The molecular weight excluding hydrogens is 394 g/mol. The summed E-state index contributed by atoms with van der Waals surface area (Å²) in [6, 6.07) is 7.60. The third-order valence-corrected chi connectivity index (χ3v) is 5.75. The maximum Gasteiger partial charge on any atom is 0.305 e. The van der Waals surface area contributed by atoms with Crippen LogP contribution >= 0.6 is 24.0 Å². The van der Waals surface area contributed by atoms with Crippen molar-refractivity contribution in [1.29, 1.82) is 0 Å². The first-order valence-electron chi connectivity index (χ1n) is 9.71. The Morgan fingerprint density at radius 2 is 1.86 bits per heavy atom. The summed E-state index contributed by atoms with van der Waals surface area (Å²) in [7, 11) is 0. The number of nitrogens with zero attached hydrogens (tertiary/aromatic N) is 1. The lowest BCUT2D eigenvalue weighted by Gasteiger charge is -2.12. The molecule has 0 bridgehead atoms. The number of carbonyl (C=O) groups excluding carboxylic acids is 1. The molecule has 0 saturated carbocycles. The van der Waals surface area contributed by atoms with E-state index >= 15 is 0 Å². The third kappa shape index (κ3) is 7.28. The van der Waals surface area contributed by atoms with Gasteiger partial charge in [-0.15, -0.1) is 0 Å². The van der Waals surface area contributed by atoms with Crippen LogP contribution in [0.15, 0.2) is 29.2 Å². The first kappa shape index (κ1) is 22.4. The Kier molecular flexibility index (Phi) is 9.50. The maximum atomic E-state index is 12.4. The molecule has 7 heteroatoms. The van der Waals surface area contributed by atoms with Gasteiger partial charge < -0.3 is 9.84 Å².